The van der Waals surface area contributed by atoms with Crippen molar-refractivity contribution in [2.24, 2.45) is 28.1 Å². The molecule has 2 saturated carbocycles. The number of allylic oxidation sites excluding steroid dienone is 2. The number of esters is 1. The Labute approximate surface area is 140 Å². The third-order valence-corrected chi connectivity index (χ3v) is 7.64. The summed E-state index contributed by atoms with van der Waals surface area (Å²) in [5.41, 5.74) is 1.27. The maximum atomic E-state index is 12.5. The van der Waals surface area contributed by atoms with Crippen LogP contribution < -0.4 is 0 Å². The minimum atomic E-state index is -0.360. The van der Waals surface area contributed by atoms with E-state index in [1.165, 1.54) is 12.7 Å². The van der Waals surface area contributed by atoms with E-state index in [-0.39, 0.29) is 28.8 Å². The second kappa shape index (κ2) is 5.61. The summed E-state index contributed by atoms with van der Waals surface area (Å²) in [6.07, 6.45) is 9.92. The topological polar surface area (TPSA) is 46.5 Å². The van der Waals surface area contributed by atoms with E-state index in [9.17, 15) is 9.90 Å². The van der Waals surface area contributed by atoms with Crippen LogP contribution in [-0.4, -0.2) is 24.8 Å². The molecule has 3 rings (SSSR count). The van der Waals surface area contributed by atoms with Gasteiger partial charge in [-0.25, -0.2) is 0 Å². The number of ether oxygens (including phenoxy) is 1. The molecule has 0 saturated heterocycles. The summed E-state index contributed by atoms with van der Waals surface area (Å²) >= 11 is 0. The van der Waals surface area contributed by atoms with Crippen LogP contribution in [0.5, 0.6) is 0 Å². The third kappa shape index (κ3) is 2.30. The van der Waals surface area contributed by atoms with E-state index in [2.05, 4.69) is 26.8 Å². The summed E-state index contributed by atoms with van der Waals surface area (Å²) in [4.78, 5) is 12.5. The summed E-state index contributed by atoms with van der Waals surface area (Å²) in [6.45, 7) is 7.01. The lowest BCUT2D eigenvalue weighted by Gasteiger charge is -2.59. The van der Waals surface area contributed by atoms with E-state index >= 15 is 0 Å². The molecule has 130 valence electrons. The maximum absolute atomic E-state index is 12.5. The highest BCUT2D eigenvalue weighted by Gasteiger charge is 2.59. The van der Waals surface area contributed by atoms with Crippen molar-refractivity contribution in [2.75, 3.05) is 13.7 Å². The molecular weight excluding hydrogens is 288 g/mol. The Morgan fingerprint density at radius 1 is 1.26 bits per heavy atom. The predicted octanol–water partition coefficient (Wildman–Crippen LogP) is 4.10. The van der Waals surface area contributed by atoms with Gasteiger partial charge in [-0.3, -0.25) is 4.79 Å². The van der Waals surface area contributed by atoms with Crippen LogP contribution >= 0.6 is 0 Å². The van der Waals surface area contributed by atoms with Crippen molar-refractivity contribution in [1.29, 1.82) is 0 Å². The average molecular weight is 320 g/mol. The molecule has 5 atom stereocenters. The lowest BCUT2D eigenvalue weighted by molar-refractivity contribution is -0.165. The van der Waals surface area contributed by atoms with Crippen molar-refractivity contribution in [3.63, 3.8) is 0 Å². The largest absolute Gasteiger partial charge is 0.469 e. The highest BCUT2D eigenvalue weighted by molar-refractivity contribution is 5.77. The first-order valence-electron chi connectivity index (χ1n) is 9.22. The number of aliphatic hydroxyl groups is 1. The number of fused-ring (bicyclic) bond motifs is 3. The standard InChI is InChI=1S/C20H32O3/c1-18(13-21)10-5-7-15-14(18)8-9-16-19(15,2)11-6-12-20(16,3)17(22)23-4/h7,14,16,21H,5-6,8-13H2,1-4H3/t14?,16?,18-,19+,20-/m1/s1. The van der Waals surface area contributed by atoms with Crippen LogP contribution in [-0.2, 0) is 9.53 Å². The molecule has 0 radical (unpaired) electrons. The average Bonchev–Trinajstić information content (AvgIpc) is 2.54. The lowest BCUT2D eigenvalue weighted by atomic mass is 9.44. The van der Waals surface area contributed by atoms with Crippen LogP contribution in [0, 0.1) is 28.1 Å². The number of hydrogen-bond donors (Lipinski definition) is 1. The number of aliphatic hydroxyl groups excluding tert-OH is 1. The molecule has 0 bridgehead atoms. The van der Waals surface area contributed by atoms with Crippen molar-refractivity contribution in [3.8, 4) is 0 Å². The summed E-state index contributed by atoms with van der Waals surface area (Å²) in [6, 6.07) is 0. The number of carbonyl (C=O) groups excluding carboxylic acids is 1. The Balaban J connectivity index is 2.01. The van der Waals surface area contributed by atoms with Gasteiger partial charge in [-0.1, -0.05) is 31.9 Å². The SMILES string of the molecule is COC(=O)[C@]1(C)CCC[C@@]2(C)C3=CCC[C@](C)(CO)C3CCC12. The van der Waals surface area contributed by atoms with Gasteiger partial charge in [-0.05, 0) is 68.1 Å². The van der Waals surface area contributed by atoms with Gasteiger partial charge in [0, 0.05) is 6.61 Å². The fraction of sp³-hybridized carbons (Fsp3) is 0.850. The molecule has 0 aromatic rings. The summed E-state index contributed by atoms with van der Waals surface area (Å²) in [7, 11) is 1.52. The normalized spacial score (nSPS) is 46.4. The van der Waals surface area contributed by atoms with E-state index in [4.69, 9.17) is 4.74 Å². The van der Waals surface area contributed by atoms with Gasteiger partial charge in [0.2, 0.25) is 0 Å². The molecule has 0 amide bonds. The molecule has 0 heterocycles. The molecular formula is C20H32O3. The second-order valence-electron chi connectivity index (χ2n) is 8.87. The molecule has 0 aromatic carbocycles. The van der Waals surface area contributed by atoms with Gasteiger partial charge in [-0.15, -0.1) is 0 Å². The molecule has 0 aliphatic heterocycles. The Morgan fingerprint density at radius 3 is 2.65 bits per heavy atom. The first-order chi connectivity index (χ1) is 10.8. The van der Waals surface area contributed by atoms with Crippen LogP contribution in [0.4, 0.5) is 0 Å². The van der Waals surface area contributed by atoms with E-state index < -0.39 is 0 Å². The number of carbonyl (C=O) groups is 1. The summed E-state index contributed by atoms with van der Waals surface area (Å²) in [5.74, 6) is 0.801. The van der Waals surface area contributed by atoms with Crippen molar-refractivity contribution in [1.82, 2.24) is 0 Å². The Bertz CT molecular complexity index is 525. The molecule has 3 aliphatic rings. The van der Waals surface area contributed by atoms with Crippen LogP contribution in [0.2, 0.25) is 0 Å². The fourth-order valence-electron chi connectivity index (χ4n) is 6.24. The Hall–Kier alpha value is -0.830. The summed E-state index contributed by atoms with van der Waals surface area (Å²) in [5, 5.41) is 10.00. The Morgan fingerprint density at radius 2 is 2.00 bits per heavy atom. The lowest BCUT2D eigenvalue weighted by Crippen LogP contribution is -2.54. The highest BCUT2D eigenvalue weighted by Crippen LogP contribution is 2.65. The molecule has 3 aliphatic carbocycles. The third-order valence-electron chi connectivity index (χ3n) is 7.64. The number of hydrogen-bond acceptors (Lipinski definition) is 3. The van der Waals surface area contributed by atoms with Gasteiger partial charge < -0.3 is 9.84 Å². The molecule has 0 spiro atoms. The minimum absolute atomic E-state index is 0.0111. The first-order valence-corrected chi connectivity index (χ1v) is 9.22. The summed E-state index contributed by atoms with van der Waals surface area (Å²) < 4.78 is 5.19. The van der Waals surface area contributed by atoms with E-state index in [0.717, 1.165) is 44.9 Å². The van der Waals surface area contributed by atoms with Gasteiger partial charge in [0.1, 0.15) is 0 Å². The van der Waals surface area contributed by atoms with Gasteiger partial charge in [0.05, 0.1) is 12.5 Å². The quantitative estimate of drug-likeness (QED) is 0.615. The van der Waals surface area contributed by atoms with Gasteiger partial charge in [0.25, 0.3) is 0 Å². The van der Waals surface area contributed by atoms with Crippen LogP contribution in [0.25, 0.3) is 0 Å². The zero-order valence-electron chi connectivity index (χ0n) is 15.2. The molecule has 1 N–H and O–H groups in total. The van der Waals surface area contributed by atoms with Gasteiger partial charge in [0.15, 0.2) is 0 Å². The monoisotopic (exact) mass is 320 g/mol. The minimum Gasteiger partial charge on any atom is -0.469 e. The van der Waals surface area contributed by atoms with Crippen LogP contribution in [0.3, 0.4) is 0 Å². The predicted molar refractivity (Wildman–Crippen MR) is 90.8 cm³/mol. The maximum Gasteiger partial charge on any atom is 0.311 e. The van der Waals surface area contributed by atoms with Crippen LogP contribution in [0.15, 0.2) is 11.6 Å². The van der Waals surface area contributed by atoms with Crippen LogP contribution in [0.1, 0.15) is 65.7 Å². The smallest absolute Gasteiger partial charge is 0.311 e. The van der Waals surface area contributed by atoms with E-state index in [0.29, 0.717) is 11.8 Å². The van der Waals surface area contributed by atoms with Crippen molar-refractivity contribution in [2.45, 2.75) is 65.7 Å². The van der Waals surface area contributed by atoms with E-state index in [1.54, 1.807) is 0 Å². The van der Waals surface area contributed by atoms with Crippen molar-refractivity contribution >= 4 is 5.97 Å². The van der Waals surface area contributed by atoms with Gasteiger partial charge in [-0.2, -0.15) is 0 Å². The molecule has 2 fully saturated rings. The zero-order chi connectivity index (χ0) is 16.9. The number of rotatable bonds is 2. The number of methoxy groups -OCH3 is 1. The Kier molecular flexibility index (Phi) is 4.15. The fourth-order valence-corrected chi connectivity index (χ4v) is 6.24. The molecule has 3 nitrogen and oxygen atoms in total. The second-order valence-corrected chi connectivity index (χ2v) is 8.87. The van der Waals surface area contributed by atoms with Crippen molar-refractivity contribution < 1.29 is 14.6 Å². The molecule has 3 heteroatoms. The van der Waals surface area contributed by atoms with Gasteiger partial charge >= 0.3 is 5.97 Å². The zero-order valence-corrected chi connectivity index (χ0v) is 15.2. The molecule has 2 unspecified atom stereocenters. The first kappa shape index (κ1) is 17.0. The molecule has 23 heavy (non-hydrogen) atoms. The molecule has 0 aromatic heterocycles. The highest BCUT2D eigenvalue weighted by atomic mass is 16.5. The van der Waals surface area contributed by atoms with E-state index in [1.807, 2.05) is 0 Å². The van der Waals surface area contributed by atoms with Crippen molar-refractivity contribution in [3.05, 3.63) is 11.6 Å².